The Morgan fingerprint density at radius 3 is 2.55 bits per heavy atom. The van der Waals surface area contributed by atoms with Gasteiger partial charge in [0.1, 0.15) is 11.5 Å². The van der Waals surface area contributed by atoms with Crippen molar-refractivity contribution in [3.05, 3.63) is 20.8 Å². The van der Waals surface area contributed by atoms with E-state index in [0.29, 0.717) is 24.7 Å². The van der Waals surface area contributed by atoms with E-state index in [1.165, 1.54) is 43.1 Å². The van der Waals surface area contributed by atoms with Gasteiger partial charge < -0.3 is 20.2 Å². The van der Waals surface area contributed by atoms with Crippen LogP contribution in [0.5, 0.6) is 0 Å². The minimum Gasteiger partial charge on any atom is -0.392 e. The van der Waals surface area contributed by atoms with Crippen molar-refractivity contribution in [3.63, 3.8) is 0 Å². The topological polar surface area (TPSA) is 93.6 Å². The molecule has 0 aromatic carbocycles. The lowest BCUT2D eigenvalue weighted by atomic mass is 10.1. The maximum Gasteiger partial charge on any atom is 0.329 e. The lowest BCUT2D eigenvalue weighted by Crippen LogP contribution is -2.33. The number of hydrogen-bond acceptors (Lipinski definition) is 6. The van der Waals surface area contributed by atoms with Crippen LogP contribution in [-0.4, -0.2) is 54.1 Å². The number of nitrogens with one attached hydrogen (secondary N) is 2. The van der Waals surface area contributed by atoms with Crippen LogP contribution < -0.4 is 26.4 Å². The van der Waals surface area contributed by atoms with Gasteiger partial charge in [-0.15, -0.1) is 0 Å². The normalized spacial score (nSPS) is 14.5. The average molecular weight is 410 g/mol. The highest BCUT2D eigenvalue weighted by Gasteiger charge is 2.29. The number of H-pyrrole nitrogens is 1. The second kappa shape index (κ2) is 12.0. The molecule has 3 N–H and O–H groups in total. The zero-order valence-electron chi connectivity index (χ0n) is 18.4. The lowest BCUT2D eigenvalue weighted by molar-refractivity contribution is 0.158. The monoisotopic (exact) mass is 409 g/mol. The Kier molecular flexibility index (Phi) is 9.73. The van der Waals surface area contributed by atoms with Crippen LogP contribution in [0.1, 0.15) is 64.7 Å². The zero-order valence-corrected chi connectivity index (χ0v) is 18.4. The third-order valence-electron chi connectivity index (χ3n) is 5.64. The van der Waals surface area contributed by atoms with Gasteiger partial charge in [0, 0.05) is 27.2 Å². The smallest absolute Gasteiger partial charge is 0.329 e. The van der Waals surface area contributed by atoms with Crippen LogP contribution in [0.15, 0.2) is 9.59 Å². The van der Waals surface area contributed by atoms with Crippen LogP contribution in [0, 0.1) is 0 Å². The minimum atomic E-state index is -0.388. The van der Waals surface area contributed by atoms with Crippen molar-refractivity contribution < 1.29 is 5.11 Å². The number of nitrogens with zero attached hydrogens (tertiary/aromatic N) is 3. The van der Waals surface area contributed by atoms with Crippen molar-refractivity contribution in [1.82, 2.24) is 14.9 Å². The second-order valence-corrected chi connectivity index (χ2v) is 8.21. The fraction of sp³-hybridized carbons (Fsp3) is 0.810. The quantitative estimate of drug-likeness (QED) is 0.406. The number of anilines is 2. The Morgan fingerprint density at radius 2 is 1.79 bits per heavy atom. The maximum atomic E-state index is 12.1. The summed E-state index contributed by atoms with van der Waals surface area (Å²) in [6, 6.07) is 0. The number of rotatable bonds is 14. The van der Waals surface area contributed by atoms with Gasteiger partial charge in [0.2, 0.25) is 0 Å². The second-order valence-electron chi connectivity index (χ2n) is 8.21. The van der Waals surface area contributed by atoms with Crippen molar-refractivity contribution >= 4 is 11.5 Å². The molecule has 1 aromatic heterocycles. The van der Waals surface area contributed by atoms with Gasteiger partial charge in [-0.05, 0) is 32.2 Å². The van der Waals surface area contributed by atoms with Gasteiger partial charge in [-0.3, -0.25) is 14.3 Å². The molecule has 0 bridgehead atoms. The third kappa shape index (κ3) is 6.89. The molecule has 1 aliphatic heterocycles. The summed E-state index contributed by atoms with van der Waals surface area (Å²) >= 11 is 0. The molecule has 8 heteroatoms. The molecule has 166 valence electrons. The fourth-order valence-electron chi connectivity index (χ4n) is 3.96. The number of fused-ring (bicyclic) bond motifs is 1. The highest BCUT2D eigenvalue weighted by atomic mass is 16.3. The van der Waals surface area contributed by atoms with E-state index in [2.05, 4.69) is 22.1 Å². The number of aromatic nitrogens is 2. The van der Waals surface area contributed by atoms with E-state index in [0.717, 1.165) is 32.4 Å². The molecule has 2 rings (SSSR count). The van der Waals surface area contributed by atoms with Crippen LogP contribution in [0.25, 0.3) is 0 Å². The minimum absolute atomic E-state index is 0.323. The molecule has 2 heterocycles. The molecule has 1 atom stereocenters. The van der Waals surface area contributed by atoms with Gasteiger partial charge in [0.25, 0.3) is 5.56 Å². The molecule has 1 aliphatic rings. The number of aliphatic hydroxyl groups excluding tert-OH is 1. The Hall–Kier alpha value is -1.80. The molecule has 8 nitrogen and oxygen atoms in total. The maximum absolute atomic E-state index is 12.1. The van der Waals surface area contributed by atoms with E-state index >= 15 is 0 Å². The Bertz CT molecular complexity index is 730. The highest BCUT2D eigenvalue weighted by molar-refractivity contribution is 5.71. The van der Waals surface area contributed by atoms with Gasteiger partial charge in [0.05, 0.1) is 12.8 Å². The van der Waals surface area contributed by atoms with Crippen molar-refractivity contribution in [2.24, 2.45) is 7.05 Å². The average Bonchev–Trinajstić information content (AvgIpc) is 3.02. The molecule has 0 aliphatic carbocycles. The number of aliphatic hydroxyl groups is 1. The van der Waals surface area contributed by atoms with Crippen molar-refractivity contribution in [2.75, 3.05) is 43.2 Å². The van der Waals surface area contributed by atoms with Crippen LogP contribution >= 0.6 is 0 Å². The molecule has 29 heavy (non-hydrogen) atoms. The molecule has 0 amide bonds. The van der Waals surface area contributed by atoms with E-state index in [-0.39, 0.29) is 17.4 Å². The lowest BCUT2D eigenvalue weighted by Gasteiger charge is -2.20. The Morgan fingerprint density at radius 1 is 1.07 bits per heavy atom. The van der Waals surface area contributed by atoms with Crippen LogP contribution in [0.2, 0.25) is 0 Å². The first-order valence-corrected chi connectivity index (χ1v) is 11.1. The van der Waals surface area contributed by atoms with Crippen LogP contribution in [0.3, 0.4) is 0 Å². The Labute approximate surface area is 173 Å². The molecule has 1 aromatic rings. The summed E-state index contributed by atoms with van der Waals surface area (Å²) in [5.41, 5.74) is -0.174. The standard InChI is InChI=1S/C21H39N5O3/c1-4-5-6-7-8-10-13-22-15-17(27)12-9-11-14-26-16-24(2)18-19(28)23-21(29)25(3)20(18)26/h17,22,27H,4-16H2,1-3H3,(H,23,28,29). The van der Waals surface area contributed by atoms with E-state index in [4.69, 9.17) is 0 Å². The first kappa shape index (κ1) is 23.5. The Balaban J connectivity index is 1.63. The van der Waals surface area contributed by atoms with Gasteiger partial charge in [-0.25, -0.2) is 4.79 Å². The number of unbranched alkanes of at least 4 members (excludes halogenated alkanes) is 6. The largest absolute Gasteiger partial charge is 0.392 e. The number of aromatic amines is 1. The summed E-state index contributed by atoms with van der Waals surface area (Å²) < 4.78 is 1.50. The van der Waals surface area contributed by atoms with Crippen molar-refractivity contribution in [2.45, 2.75) is 70.8 Å². The summed E-state index contributed by atoms with van der Waals surface area (Å²) in [5, 5.41) is 13.5. The molecule has 1 unspecified atom stereocenters. The van der Waals surface area contributed by atoms with Gasteiger partial charge in [-0.2, -0.15) is 0 Å². The first-order chi connectivity index (χ1) is 14.0. The highest BCUT2D eigenvalue weighted by Crippen LogP contribution is 2.29. The molecule has 0 saturated heterocycles. The van der Waals surface area contributed by atoms with E-state index in [1.54, 1.807) is 7.05 Å². The molecule has 0 spiro atoms. The van der Waals surface area contributed by atoms with E-state index in [9.17, 15) is 14.7 Å². The van der Waals surface area contributed by atoms with Gasteiger partial charge in [-0.1, -0.05) is 39.0 Å². The first-order valence-electron chi connectivity index (χ1n) is 11.1. The summed E-state index contributed by atoms with van der Waals surface area (Å²) in [7, 11) is 3.54. The van der Waals surface area contributed by atoms with Gasteiger partial charge >= 0.3 is 5.69 Å². The van der Waals surface area contributed by atoms with Crippen LogP contribution in [-0.2, 0) is 7.05 Å². The fourth-order valence-corrected chi connectivity index (χ4v) is 3.96. The zero-order chi connectivity index (χ0) is 21.2. The molecule has 0 radical (unpaired) electrons. The summed E-state index contributed by atoms with van der Waals surface area (Å²) in [5.74, 6) is 0.683. The molecular formula is C21H39N5O3. The molecule has 0 fully saturated rings. The van der Waals surface area contributed by atoms with E-state index < -0.39 is 0 Å². The summed E-state index contributed by atoms with van der Waals surface area (Å²) in [4.78, 5) is 30.3. The summed E-state index contributed by atoms with van der Waals surface area (Å²) in [6.45, 7) is 5.20. The number of hydrogen-bond donors (Lipinski definition) is 3. The van der Waals surface area contributed by atoms with Crippen molar-refractivity contribution in [3.8, 4) is 0 Å². The SMILES string of the molecule is CCCCCCCCNCC(O)CCCCN1CN(C)c2c1n(C)c(=O)[nH]c2=O. The predicted molar refractivity (Wildman–Crippen MR) is 119 cm³/mol. The van der Waals surface area contributed by atoms with Crippen LogP contribution in [0.4, 0.5) is 11.5 Å². The third-order valence-corrected chi connectivity index (χ3v) is 5.64. The predicted octanol–water partition coefficient (Wildman–Crippen LogP) is 1.77. The molecule has 0 saturated carbocycles. The summed E-state index contributed by atoms with van der Waals surface area (Å²) in [6.07, 6.45) is 9.94. The van der Waals surface area contributed by atoms with Crippen molar-refractivity contribution in [1.29, 1.82) is 0 Å². The van der Waals surface area contributed by atoms with E-state index in [1.807, 2.05) is 11.9 Å². The van der Waals surface area contributed by atoms with Gasteiger partial charge in [0.15, 0.2) is 0 Å². The molecular weight excluding hydrogens is 370 g/mol.